The average molecular weight is 184 g/mol. The number of hydrogen-bond acceptors (Lipinski definition) is 3. The van der Waals surface area contributed by atoms with Gasteiger partial charge in [-0.1, -0.05) is 0 Å². The van der Waals surface area contributed by atoms with Crippen molar-refractivity contribution < 1.29 is 13.9 Å². The Morgan fingerprint density at radius 2 is 2.36 bits per heavy atom. The topological polar surface area (TPSA) is 38.3 Å². The van der Waals surface area contributed by atoms with E-state index in [9.17, 15) is 9.18 Å². The van der Waals surface area contributed by atoms with Crippen LogP contribution in [0.4, 0.5) is 4.39 Å². The largest absolute Gasteiger partial charge is 0.467 e. The molecule has 1 aliphatic rings. The molecule has 1 rings (SSSR count). The SMILES string of the molecule is COC(=O)[C@]1(F)CCNC1.Cl. The summed E-state index contributed by atoms with van der Waals surface area (Å²) in [6.45, 7) is 0.630. The number of halogens is 2. The first-order chi connectivity index (χ1) is 4.69. The van der Waals surface area contributed by atoms with Crippen LogP contribution in [0.5, 0.6) is 0 Å². The quantitative estimate of drug-likeness (QED) is 0.594. The van der Waals surface area contributed by atoms with E-state index in [-0.39, 0.29) is 25.4 Å². The monoisotopic (exact) mass is 183 g/mol. The zero-order chi connectivity index (χ0) is 7.61. The summed E-state index contributed by atoms with van der Waals surface area (Å²) < 4.78 is 17.5. The van der Waals surface area contributed by atoms with Gasteiger partial charge >= 0.3 is 5.97 Å². The van der Waals surface area contributed by atoms with Gasteiger partial charge in [-0.15, -0.1) is 12.4 Å². The second-order valence-electron chi connectivity index (χ2n) is 2.38. The van der Waals surface area contributed by atoms with Crippen molar-refractivity contribution in [1.29, 1.82) is 0 Å². The minimum atomic E-state index is -1.77. The van der Waals surface area contributed by atoms with Gasteiger partial charge in [-0.3, -0.25) is 0 Å². The molecule has 0 aromatic carbocycles. The van der Waals surface area contributed by atoms with Crippen molar-refractivity contribution in [2.24, 2.45) is 0 Å². The summed E-state index contributed by atoms with van der Waals surface area (Å²) in [6.07, 6.45) is 0.222. The molecule has 3 nitrogen and oxygen atoms in total. The van der Waals surface area contributed by atoms with Crippen LogP contribution in [0, 0.1) is 0 Å². The van der Waals surface area contributed by atoms with Gasteiger partial charge in [0.2, 0.25) is 5.67 Å². The van der Waals surface area contributed by atoms with Crippen molar-refractivity contribution in [1.82, 2.24) is 5.32 Å². The highest BCUT2D eigenvalue weighted by Crippen LogP contribution is 2.20. The van der Waals surface area contributed by atoms with E-state index in [2.05, 4.69) is 10.1 Å². The second-order valence-corrected chi connectivity index (χ2v) is 2.38. The molecule has 5 heteroatoms. The Kier molecular flexibility index (Phi) is 3.75. The first kappa shape index (κ1) is 10.7. The maximum atomic E-state index is 13.2. The van der Waals surface area contributed by atoms with E-state index >= 15 is 0 Å². The van der Waals surface area contributed by atoms with Crippen LogP contribution < -0.4 is 5.32 Å². The molecule has 1 atom stereocenters. The van der Waals surface area contributed by atoms with Gasteiger partial charge in [0.05, 0.1) is 7.11 Å². The van der Waals surface area contributed by atoms with E-state index in [1.165, 1.54) is 7.11 Å². The lowest BCUT2D eigenvalue weighted by molar-refractivity contribution is -0.153. The van der Waals surface area contributed by atoms with Crippen molar-refractivity contribution >= 4 is 18.4 Å². The molecule has 0 spiro atoms. The summed E-state index contributed by atoms with van der Waals surface area (Å²) in [5.74, 6) is -0.766. The Balaban J connectivity index is 0.000001000. The molecule has 0 bridgehead atoms. The third kappa shape index (κ3) is 2.04. The smallest absolute Gasteiger partial charge is 0.345 e. The van der Waals surface area contributed by atoms with E-state index < -0.39 is 11.6 Å². The highest BCUT2D eigenvalue weighted by Gasteiger charge is 2.42. The fourth-order valence-electron chi connectivity index (χ4n) is 1.02. The average Bonchev–Trinajstić information content (AvgIpc) is 2.36. The minimum absolute atomic E-state index is 0. The molecule has 1 N–H and O–H groups in total. The fraction of sp³-hybridized carbons (Fsp3) is 0.833. The first-order valence-corrected chi connectivity index (χ1v) is 3.17. The van der Waals surface area contributed by atoms with Crippen LogP contribution in [0.1, 0.15) is 6.42 Å². The standard InChI is InChI=1S/C6H10FNO2.ClH/c1-10-5(9)6(7)2-3-8-4-6;/h8H,2-4H2,1H3;1H/t6-;/m0./s1. The Bertz CT molecular complexity index is 148. The zero-order valence-electron chi connectivity index (χ0n) is 6.22. The number of carbonyl (C=O) groups is 1. The molecule has 0 saturated carbocycles. The number of ether oxygens (including phenoxy) is 1. The van der Waals surface area contributed by atoms with Gasteiger partial charge in [0.1, 0.15) is 0 Å². The molecule has 11 heavy (non-hydrogen) atoms. The normalized spacial score (nSPS) is 29.3. The van der Waals surface area contributed by atoms with Gasteiger partial charge in [0.15, 0.2) is 0 Å². The number of methoxy groups -OCH3 is 1. The molecule has 0 aromatic heterocycles. The van der Waals surface area contributed by atoms with E-state index in [0.717, 1.165) is 0 Å². The number of rotatable bonds is 1. The molecule has 0 unspecified atom stereocenters. The number of alkyl halides is 1. The van der Waals surface area contributed by atoms with Crippen LogP contribution in [-0.2, 0) is 9.53 Å². The lowest BCUT2D eigenvalue weighted by Crippen LogP contribution is -2.36. The van der Waals surface area contributed by atoms with Gasteiger partial charge in [0, 0.05) is 13.0 Å². The summed E-state index contributed by atoms with van der Waals surface area (Å²) >= 11 is 0. The van der Waals surface area contributed by atoms with Crippen LogP contribution in [0.2, 0.25) is 0 Å². The van der Waals surface area contributed by atoms with Gasteiger partial charge in [-0.05, 0) is 6.54 Å². The molecule has 1 heterocycles. The Hall–Kier alpha value is -0.350. The summed E-state index contributed by atoms with van der Waals surface area (Å²) in [7, 11) is 1.20. The van der Waals surface area contributed by atoms with Crippen molar-refractivity contribution in [3.05, 3.63) is 0 Å². The Labute approximate surface area is 70.7 Å². The van der Waals surface area contributed by atoms with E-state index in [4.69, 9.17) is 0 Å². The van der Waals surface area contributed by atoms with Crippen molar-refractivity contribution in [3.8, 4) is 0 Å². The van der Waals surface area contributed by atoms with Crippen LogP contribution in [0.3, 0.4) is 0 Å². The molecule has 66 valence electrons. The highest BCUT2D eigenvalue weighted by atomic mass is 35.5. The molecule has 0 amide bonds. The lowest BCUT2D eigenvalue weighted by Gasteiger charge is -2.13. The Morgan fingerprint density at radius 3 is 2.73 bits per heavy atom. The van der Waals surface area contributed by atoms with Gasteiger partial charge < -0.3 is 10.1 Å². The van der Waals surface area contributed by atoms with Crippen LogP contribution in [0.25, 0.3) is 0 Å². The van der Waals surface area contributed by atoms with Crippen molar-refractivity contribution in [3.63, 3.8) is 0 Å². The first-order valence-electron chi connectivity index (χ1n) is 3.17. The molecule has 0 radical (unpaired) electrons. The number of esters is 1. The van der Waals surface area contributed by atoms with Crippen LogP contribution in [-0.4, -0.2) is 31.8 Å². The van der Waals surface area contributed by atoms with Crippen molar-refractivity contribution in [2.45, 2.75) is 12.1 Å². The lowest BCUT2D eigenvalue weighted by atomic mass is 10.1. The number of nitrogens with one attached hydrogen (secondary N) is 1. The summed E-state index contributed by atoms with van der Waals surface area (Å²) in [6, 6.07) is 0. The summed E-state index contributed by atoms with van der Waals surface area (Å²) in [5, 5.41) is 2.75. The number of carbonyl (C=O) groups excluding carboxylic acids is 1. The number of hydrogen-bond donors (Lipinski definition) is 1. The highest BCUT2D eigenvalue weighted by molar-refractivity contribution is 5.85. The molecule has 1 aliphatic heterocycles. The van der Waals surface area contributed by atoms with Crippen molar-refractivity contribution in [2.75, 3.05) is 20.2 Å². The summed E-state index contributed by atoms with van der Waals surface area (Å²) in [5.41, 5.74) is -1.77. The third-order valence-electron chi connectivity index (χ3n) is 1.65. The zero-order valence-corrected chi connectivity index (χ0v) is 7.04. The van der Waals surface area contributed by atoms with E-state index in [1.54, 1.807) is 0 Å². The van der Waals surface area contributed by atoms with Crippen LogP contribution in [0.15, 0.2) is 0 Å². The van der Waals surface area contributed by atoms with E-state index in [0.29, 0.717) is 6.54 Å². The fourth-order valence-corrected chi connectivity index (χ4v) is 1.02. The maximum Gasteiger partial charge on any atom is 0.345 e. The molecule has 1 fully saturated rings. The third-order valence-corrected chi connectivity index (χ3v) is 1.65. The minimum Gasteiger partial charge on any atom is -0.467 e. The van der Waals surface area contributed by atoms with Gasteiger partial charge in [-0.25, -0.2) is 9.18 Å². The van der Waals surface area contributed by atoms with Gasteiger partial charge in [0.25, 0.3) is 0 Å². The Morgan fingerprint density at radius 1 is 1.73 bits per heavy atom. The predicted molar refractivity (Wildman–Crippen MR) is 40.6 cm³/mol. The predicted octanol–water partition coefficient (Wildman–Crippen LogP) is 0.283. The second kappa shape index (κ2) is 3.88. The van der Waals surface area contributed by atoms with E-state index in [1.807, 2.05) is 0 Å². The summed E-state index contributed by atoms with van der Waals surface area (Å²) in [4.78, 5) is 10.7. The molecule has 0 aromatic rings. The molecule has 1 saturated heterocycles. The maximum absolute atomic E-state index is 13.2. The van der Waals surface area contributed by atoms with Crippen LogP contribution >= 0.6 is 12.4 Å². The molecular formula is C6H11ClFNO2. The molecular weight excluding hydrogens is 173 g/mol. The molecule has 0 aliphatic carbocycles. The van der Waals surface area contributed by atoms with Gasteiger partial charge in [-0.2, -0.15) is 0 Å².